The zero-order valence-corrected chi connectivity index (χ0v) is 15.9. The molecule has 1 amide bonds. The van der Waals surface area contributed by atoms with Gasteiger partial charge in [0.25, 0.3) is 0 Å². The second-order valence-corrected chi connectivity index (χ2v) is 7.57. The summed E-state index contributed by atoms with van der Waals surface area (Å²) in [6.45, 7) is 5.03. The van der Waals surface area contributed by atoms with Crippen molar-refractivity contribution in [3.05, 3.63) is 53.6 Å². The molecule has 0 bridgehead atoms. The van der Waals surface area contributed by atoms with E-state index in [0.29, 0.717) is 24.7 Å². The number of thioether (sulfide) groups is 1. The van der Waals surface area contributed by atoms with E-state index >= 15 is 0 Å². The molecule has 1 aliphatic heterocycles. The van der Waals surface area contributed by atoms with Gasteiger partial charge in [-0.3, -0.25) is 4.79 Å². The Labute approximate surface area is 161 Å². The monoisotopic (exact) mass is 393 g/mol. The molecule has 0 saturated carbocycles. The van der Waals surface area contributed by atoms with E-state index < -0.39 is 11.6 Å². The van der Waals surface area contributed by atoms with Crippen LogP contribution in [0, 0.1) is 17.6 Å². The minimum Gasteiger partial charge on any atom is -0.486 e. The molecule has 0 radical (unpaired) electrons. The van der Waals surface area contributed by atoms with Gasteiger partial charge in [0.2, 0.25) is 5.91 Å². The number of hydrogen-bond donors (Lipinski definition) is 1. The molecule has 1 N–H and O–H groups in total. The maximum Gasteiger partial charge on any atom is 0.230 e. The lowest BCUT2D eigenvalue weighted by molar-refractivity contribution is -0.119. The Morgan fingerprint density at radius 3 is 2.56 bits per heavy atom. The Hall–Kier alpha value is -2.28. The minimum atomic E-state index is -0.667. The second-order valence-electron chi connectivity index (χ2n) is 6.56. The number of amides is 1. The molecule has 1 unspecified atom stereocenters. The highest BCUT2D eigenvalue weighted by Gasteiger charge is 2.21. The topological polar surface area (TPSA) is 47.6 Å². The third-order valence-corrected chi connectivity index (χ3v) is 5.21. The molecule has 27 heavy (non-hydrogen) atoms. The van der Waals surface area contributed by atoms with Crippen LogP contribution in [-0.4, -0.2) is 24.9 Å². The summed E-state index contributed by atoms with van der Waals surface area (Å²) in [5, 5.41) is 2.99. The third-order valence-electron chi connectivity index (χ3n) is 4.16. The number of halogens is 2. The lowest BCUT2D eigenvalue weighted by atomic mass is 9.95. The van der Waals surface area contributed by atoms with Gasteiger partial charge in [0, 0.05) is 11.0 Å². The van der Waals surface area contributed by atoms with Gasteiger partial charge in [-0.15, -0.1) is 11.8 Å². The van der Waals surface area contributed by atoms with E-state index in [1.807, 2.05) is 32.0 Å². The molecular weight excluding hydrogens is 372 g/mol. The van der Waals surface area contributed by atoms with Gasteiger partial charge in [-0.1, -0.05) is 19.9 Å². The summed E-state index contributed by atoms with van der Waals surface area (Å²) in [4.78, 5) is 12.6. The Kier molecular flexibility index (Phi) is 6.21. The van der Waals surface area contributed by atoms with E-state index in [4.69, 9.17) is 9.47 Å². The van der Waals surface area contributed by atoms with Crippen molar-refractivity contribution in [1.29, 1.82) is 0 Å². The van der Waals surface area contributed by atoms with Crippen molar-refractivity contribution in [3.63, 3.8) is 0 Å². The van der Waals surface area contributed by atoms with Gasteiger partial charge in [-0.2, -0.15) is 0 Å². The van der Waals surface area contributed by atoms with Crippen molar-refractivity contribution in [2.45, 2.75) is 24.8 Å². The van der Waals surface area contributed by atoms with E-state index in [1.54, 1.807) is 0 Å². The van der Waals surface area contributed by atoms with Gasteiger partial charge in [0.05, 0.1) is 11.8 Å². The lowest BCUT2D eigenvalue weighted by Crippen LogP contribution is -2.33. The Morgan fingerprint density at radius 2 is 1.85 bits per heavy atom. The van der Waals surface area contributed by atoms with Gasteiger partial charge in [0.15, 0.2) is 11.5 Å². The van der Waals surface area contributed by atoms with Crippen LogP contribution in [-0.2, 0) is 4.79 Å². The summed E-state index contributed by atoms with van der Waals surface area (Å²) in [7, 11) is 0. The van der Waals surface area contributed by atoms with E-state index in [-0.39, 0.29) is 28.5 Å². The van der Waals surface area contributed by atoms with Crippen LogP contribution in [0.15, 0.2) is 41.3 Å². The van der Waals surface area contributed by atoms with Gasteiger partial charge in [-0.25, -0.2) is 8.78 Å². The molecule has 0 fully saturated rings. The number of ether oxygens (including phenoxy) is 2. The van der Waals surface area contributed by atoms with Crippen molar-refractivity contribution in [2.24, 2.45) is 5.92 Å². The molecule has 3 rings (SSSR count). The zero-order chi connectivity index (χ0) is 19.4. The quantitative estimate of drug-likeness (QED) is 0.742. The normalized spacial score (nSPS) is 14.1. The largest absolute Gasteiger partial charge is 0.486 e. The number of hydrogen-bond acceptors (Lipinski definition) is 4. The number of rotatable bonds is 6. The summed E-state index contributed by atoms with van der Waals surface area (Å²) in [6, 6.07) is 8.74. The highest BCUT2D eigenvalue weighted by molar-refractivity contribution is 8.00. The van der Waals surface area contributed by atoms with Crippen molar-refractivity contribution in [2.75, 3.05) is 19.0 Å². The lowest BCUT2D eigenvalue weighted by Gasteiger charge is -2.25. The molecule has 0 aromatic heterocycles. The fourth-order valence-electron chi connectivity index (χ4n) is 2.84. The molecular formula is C20H21F2NO3S. The predicted octanol–water partition coefficient (Wildman–Crippen LogP) is 4.34. The number of fused-ring (bicyclic) bond motifs is 1. The van der Waals surface area contributed by atoms with Crippen LogP contribution in [0.1, 0.15) is 25.5 Å². The van der Waals surface area contributed by atoms with E-state index in [0.717, 1.165) is 23.4 Å². The molecule has 2 aromatic carbocycles. The van der Waals surface area contributed by atoms with Crippen molar-refractivity contribution < 1.29 is 23.0 Å². The van der Waals surface area contributed by atoms with Crippen molar-refractivity contribution in [1.82, 2.24) is 5.32 Å². The molecule has 144 valence electrons. The standard InChI is InChI=1S/C20H21F2NO3S/c1-12(2)20(13-3-5-16-17(9-13)26-8-7-25-16)23-19(24)11-27-18-6-4-14(21)10-15(18)22/h3-6,9-10,12,20H,7-8,11H2,1-2H3,(H,23,24). The number of benzene rings is 2. The number of nitrogens with one attached hydrogen (secondary N) is 1. The molecule has 4 nitrogen and oxygen atoms in total. The molecule has 0 spiro atoms. The van der Waals surface area contributed by atoms with E-state index in [1.165, 1.54) is 12.1 Å². The molecule has 1 heterocycles. The minimum absolute atomic E-state index is 0.0380. The summed E-state index contributed by atoms with van der Waals surface area (Å²) in [5.74, 6) is 0.0137. The van der Waals surface area contributed by atoms with Gasteiger partial charge < -0.3 is 14.8 Å². The van der Waals surface area contributed by atoms with Crippen LogP contribution in [0.5, 0.6) is 11.5 Å². The van der Waals surface area contributed by atoms with Crippen molar-refractivity contribution in [3.8, 4) is 11.5 Å². The van der Waals surface area contributed by atoms with Gasteiger partial charge in [0.1, 0.15) is 24.8 Å². The zero-order valence-electron chi connectivity index (χ0n) is 15.1. The fourth-order valence-corrected chi connectivity index (χ4v) is 3.57. The first-order valence-corrected chi connectivity index (χ1v) is 9.69. The van der Waals surface area contributed by atoms with E-state index in [9.17, 15) is 13.6 Å². The van der Waals surface area contributed by atoms with Crippen LogP contribution in [0.25, 0.3) is 0 Å². The van der Waals surface area contributed by atoms with Crippen LogP contribution in [0.3, 0.4) is 0 Å². The molecule has 1 aliphatic rings. The average Bonchev–Trinajstić information content (AvgIpc) is 2.65. The van der Waals surface area contributed by atoms with Crippen LogP contribution < -0.4 is 14.8 Å². The maximum atomic E-state index is 13.7. The van der Waals surface area contributed by atoms with Crippen LogP contribution >= 0.6 is 11.8 Å². The first-order chi connectivity index (χ1) is 12.9. The van der Waals surface area contributed by atoms with Crippen molar-refractivity contribution >= 4 is 17.7 Å². The van der Waals surface area contributed by atoms with Gasteiger partial charge >= 0.3 is 0 Å². The molecule has 0 aliphatic carbocycles. The number of carbonyl (C=O) groups is 1. The molecule has 1 atom stereocenters. The first-order valence-electron chi connectivity index (χ1n) is 8.71. The Morgan fingerprint density at radius 1 is 1.11 bits per heavy atom. The fraction of sp³-hybridized carbons (Fsp3) is 0.350. The van der Waals surface area contributed by atoms with Crippen LogP contribution in [0.4, 0.5) is 8.78 Å². The third kappa shape index (κ3) is 4.91. The highest BCUT2D eigenvalue weighted by atomic mass is 32.2. The molecule has 0 saturated heterocycles. The summed E-state index contributed by atoms with van der Waals surface area (Å²) in [5.41, 5.74) is 0.917. The van der Waals surface area contributed by atoms with Crippen LogP contribution in [0.2, 0.25) is 0 Å². The summed E-state index contributed by atoms with van der Waals surface area (Å²) < 4.78 is 37.8. The molecule has 2 aromatic rings. The number of carbonyl (C=O) groups excluding carboxylic acids is 1. The summed E-state index contributed by atoms with van der Waals surface area (Å²) in [6.07, 6.45) is 0. The average molecular weight is 393 g/mol. The Balaban J connectivity index is 1.66. The van der Waals surface area contributed by atoms with Gasteiger partial charge in [-0.05, 0) is 35.7 Å². The second kappa shape index (κ2) is 8.61. The van der Waals surface area contributed by atoms with E-state index in [2.05, 4.69) is 5.32 Å². The first kappa shape index (κ1) is 19.5. The highest BCUT2D eigenvalue weighted by Crippen LogP contribution is 2.34. The summed E-state index contributed by atoms with van der Waals surface area (Å²) >= 11 is 1.04. The predicted molar refractivity (Wildman–Crippen MR) is 100 cm³/mol. The SMILES string of the molecule is CC(C)C(NC(=O)CSc1ccc(F)cc1F)c1ccc2c(c1)OCCO2. The maximum absolute atomic E-state index is 13.7. The molecule has 7 heteroatoms. The Bertz CT molecular complexity index is 829. The smallest absolute Gasteiger partial charge is 0.230 e.